The second kappa shape index (κ2) is 8.51. The van der Waals surface area contributed by atoms with Crippen molar-refractivity contribution in [2.45, 2.75) is 33.2 Å². The number of carboxylic acid groups (broad SMARTS) is 1. The molecule has 0 spiro atoms. The van der Waals surface area contributed by atoms with E-state index in [9.17, 15) is 14.4 Å². The number of carboxylic acids is 1. The van der Waals surface area contributed by atoms with Crippen molar-refractivity contribution in [3.8, 4) is 0 Å². The molecule has 0 aliphatic carbocycles. The maximum atomic E-state index is 12.9. The highest BCUT2D eigenvalue weighted by Gasteiger charge is 2.28. The van der Waals surface area contributed by atoms with E-state index in [0.717, 1.165) is 16.5 Å². The Bertz CT molecular complexity index is 797. The third-order valence-corrected chi connectivity index (χ3v) is 4.26. The third kappa shape index (κ3) is 4.62. The number of hydrogen-bond acceptors (Lipinski definition) is 3. The van der Waals surface area contributed by atoms with Crippen molar-refractivity contribution in [1.82, 2.24) is 15.2 Å². The van der Waals surface area contributed by atoms with Crippen LogP contribution in [0.3, 0.4) is 0 Å². The lowest BCUT2D eigenvalue weighted by Crippen LogP contribution is -2.51. The maximum Gasteiger partial charge on any atom is 0.323 e. The summed E-state index contributed by atoms with van der Waals surface area (Å²) in [5.74, 6) is -1.99. The summed E-state index contributed by atoms with van der Waals surface area (Å²) >= 11 is 0. The molecule has 1 aromatic heterocycles. The van der Waals surface area contributed by atoms with Crippen LogP contribution in [0.2, 0.25) is 0 Å². The second-order valence-corrected chi connectivity index (χ2v) is 6.53. The van der Waals surface area contributed by atoms with E-state index < -0.39 is 24.5 Å². The van der Waals surface area contributed by atoms with Crippen LogP contribution in [0, 0.1) is 5.92 Å². The Morgan fingerprint density at radius 1 is 1.23 bits per heavy atom. The van der Waals surface area contributed by atoms with Crippen LogP contribution in [0.25, 0.3) is 10.9 Å². The van der Waals surface area contributed by atoms with Gasteiger partial charge in [-0.05, 0) is 18.6 Å². The Balaban J connectivity index is 2.29. The number of aromatic amines is 1. The second-order valence-electron chi connectivity index (χ2n) is 6.53. The number of carbonyl (C=O) groups excluding carboxylic acids is 2. The van der Waals surface area contributed by atoms with Gasteiger partial charge in [-0.1, -0.05) is 32.0 Å². The third-order valence-electron chi connectivity index (χ3n) is 4.26. The largest absolute Gasteiger partial charge is 0.480 e. The van der Waals surface area contributed by atoms with Gasteiger partial charge in [0.15, 0.2) is 0 Å². The predicted octanol–water partition coefficient (Wildman–Crippen LogP) is 1.78. The number of fused-ring (bicyclic) bond motifs is 1. The number of aliphatic carboxylic acids is 1. The molecule has 0 aliphatic rings. The minimum Gasteiger partial charge on any atom is -0.480 e. The average molecular weight is 359 g/mol. The number of rotatable bonds is 8. The molecule has 0 saturated heterocycles. The van der Waals surface area contributed by atoms with Crippen molar-refractivity contribution in [2.75, 3.05) is 13.1 Å². The van der Waals surface area contributed by atoms with Crippen LogP contribution < -0.4 is 5.32 Å². The standard InChI is InChI=1S/C19H25N3O4/c1-4-22(11-17(23)24)19(26)16(21-18(25)12(2)3)9-13-10-20-15-8-6-5-7-14(13)15/h5-8,10,12,16,20H,4,9,11H2,1-3H3,(H,21,25)(H,23,24). The zero-order valence-electron chi connectivity index (χ0n) is 15.3. The van der Waals surface area contributed by atoms with E-state index in [0.29, 0.717) is 0 Å². The molecule has 140 valence electrons. The fraction of sp³-hybridized carbons (Fsp3) is 0.421. The quantitative estimate of drug-likeness (QED) is 0.668. The number of nitrogens with zero attached hydrogens (tertiary/aromatic N) is 1. The highest BCUT2D eigenvalue weighted by Crippen LogP contribution is 2.20. The van der Waals surface area contributed by atoms with Gasteiger partial charge >= 0.3 is 5.97 Å². The van der Waals surface area contributed by atoms with E-state index in [1.165, 1.54) is 4.90 Å². The molecule has 3 N–H and O–H groups in total. The normalized spacial score (nSPS) is 12.2. The van der Waals surface area contributed by atoms with Crippen LogP contribution in [0.4, 0.5) is 0 Å². The Kier molecular flexibility index (Phi) is 6.38. The van der Waals surface area contributed by atoms with Crippen LogP contribution in [-0.2, 0) is 20.8 Å². The molecule has 1 unspecified atom stereocenters. The lowest BCUT2D eigenvalue weighted by molar-refractivity contribution is -0.145. The monoisotopic (exact) mass is 359 g/mol. The van der Waals surface area contributed by atoms with Crippen molar-refractivity contribution in [3.63, 3.8) is 0 Å². The number of hydrogen-bond donors (Lipinski definition) is 3. The first kappa shape index (κ1) is 19.5. The lowest BCUT2D eigenvalue weighted by Gasteiger charge is -2.26. The summed E-state index contributed by atoms with van der Waals surface area (Å²) in [5, 5.41) is 12.8. The molecular formula is C19H25N3O4. The summed E-state index contributed by atoms with van der Waals surface area (Å²) in [6.45, 7) is 5.08. The summed E-state index contributed by atoms with van der Waals surface area (Å²) in [4.78, 5) is 40.5. The number of nitrogens with one attached hydrogen (secondary N) is 2. The molecule has 0 radical (unpaired) electrons. The smallest absolute Gasteiger partial charge is 0.323 e. The van der Waals surface area contributed by atoms with Gasteiger partial charge in [0.1, 0.15) is 12.6 Å². The summed E-state index contributed by atoms with van der Waals surface area (Å²) in [6, 6.07) is 6.89. The molecule has 1 atom stereocenters. The number of carbonyl (C=O) groups is 3. The van der Waals surface area contributed by atoms with Crippen LogP contribution in [-0.4, -0.2) is 51.9 Å². The Morgan fingerprint density at radius 3 is 2.54 bits per heavy atom. The molecule has 7 nitrogen and oxygen atoms in total. The van der Waals surface area contributed by atoms with E-state index in [2.05, 4.69) is 10.3 Å². The predicted molar refractivity (Wildman–Crippen MR) is 98.7 cm³/mol. The Hall–Kier alpha value is -2.83. The number of benzene rings is 1. The summed E-state index contributed by atoms with van der Waals surface area (Å²) in [7, 11) is 0. The molecule has 26 heavy (non-hydrogen) atoms. The topological polar surface area (TPSA) is 102 Å². The fourth-order valence-electron chi connectivity index (χ4n) is 2.79. The fourth-order valence-corrected chi connectivity index (χ4v) is 2.79. The van der Waals surface area contributed by atoms with Crippen molar-refractivity contribution >= 4 is 28.7 Å². The van der Waals surface area contributed by atoms with E-state index in [-0.39, 0.29) is 24.8 Å². The van der Waals surface area contributed by atoms with Gasteiger partial charge < -0.3 is 20.3 Å². The number of amides is 2. The van der Waals surface area contributed by atoms with Gasteiger partial charge in [-0.25, -0.2) is 0 Å². The van der Waals surface area contributed by atoms with Crippen molar-refractivity contribution in [1.29, 1.82) is 0 Å². The van der Waals surface area contributed by atoms with Gasteiger partial charge in [0.2, 0.25) is 11.8 Å². The van der Waals surface area contributed by atoms with Crippen molar-refractivity contribution < 1.29 is 19.5 Å². The van der Waals surface area contributed by atoms with Crippen molar-refractivity contribution in [2.24, 2.45) is 5.92 Å². The number of aromatic nitrogens is 1. The Labute approximate surface area is 152 Å². The minimum absolute atomic E-state index is 0.241. The van der Waals surface area contributed by atoms with Crippen LogP contribution >= 0.6 is 0 Å². The minimum atomic E-state index is -1.08. The van der Waals surface area contributed by atoms with E-state index >= 15 is 0 Å². The highest BCUT2D eigenvalue weighted by molar-refractivity contribution is 5.91. The average Bonchev–Trinajstić information content (AvgIpc) is 3.01. The molecule has 2 rings (SSSR count). The van der Waals surface area contributed by atoms with E-state index in [1.807, 2.05) is 30.5 Å². The van der Waals surface area contributed by atoms with E-state index in [1.54, 1.807) is 20.8 Å². The summed E-state index contributed by atoms with van der Waals surface area (Å²) in [5.41, 5.74) is 1.84. The molecule has 1 heterocycles. The molecule has 0 fully saturated rings. The van der Waals surface area contributed by atoms with Gasteiger partial charge in [-0.3, -0.25) is 14.4 Å². The van der Waals surface area contributed by atoms with Gasteiger partial charge in [-0.2, -0.15) is 0 Å². The van der Waals surface area contributed by atoms with Crippen LogP contribution in [0.15, 0.2) is 30.5 Å². The molecule has 2 aromatic rings. The first-order chi connectivity index (χ1) is 12.3. The van der Waals surface area contributed by atoms with Gasteiger partial charge in [0.05, 0.1) is 0 Å². The summed E-state index contributed by atoms with van der Waals surface area (Å²) < 4.78 is 0. The molecular weight excluding hydrogens is 334 g/mol. The zero-order valence-corrected chi connectivity index (χ0v) is 15.3. The number of para-hydroxylation sites is 1. The van der Waals surface area contributed by atoms with Gasteiger partial charge in [-0.15, -0.1) is 0 Å². The van der Waals surface area contributed by atoms with E-state index in [4.69, 9.17) is 5.11 Å². The first-order valence-electron chi connectivity index (χ1n) is 8.69. The first-order valence-corrected chi connectivity index (χ1v) is 8.69. The lowest BCUT2D eigenvalue weighted by atomic mass is 10.0. The maximum absolute atomic E-state index is 12.9. The summed E-state index contributed by atoms with van der Waals surface area (Å²) in [6.07, 6.45) is 2.11. The highest BCUT2D eigenvalue weighted by atomic mass is 16.4. The molecule has 0 bridgehead atoms. The van der Waals surface area contributed by atoms with Crippen LogP contribution in [0.1, 0.15) is 26.3 Å². The molecule has 0 aliphatic heterocycles. The molecule has 0 saturated carbocycles. The molecule has 7 heteroatoms. The molecule has 1 aromatic carbocycles. The number of likely N-dealkylation sites (N-methyl/N-ethyl adjacent to an activating group) is 1. The van der Waals surface area contributed by atoms with Crippen LogP contribution in [0.5, 0.6) is 0 Å². The van der Waals surface area contributed by atoms with Crippen molar-refractivity contribution in [3.05, 3.63) is 36.0 Å². The van der Waals surface area contributed by atoms with Gasteiger partial charge in [0, 0.05) is 36.0 Å². The molecule has 2 amide bonds. The zero-order chi connectivity index (χ0) is 19.3. The van der Waals surface area contributed by atoms with Gasteiger partial charge in [0.25, 0.3) is 0 Å². The number of H-pyrrole nitrogens is 1. The SMILES string of the molecule is CCN(CC(=O)O)C(=O)C(Cc1c[nH]c2ccccc12)NC(=O)C(C)C. The Morgan fingerprint density at radius 2 is 1.92 bits per heavy atom.